The van der Waals surface area contributed by atoms with Crippen LogP contribution in [0, 0.1) is 0 Å². The Morgan fingerprint density at radius 1 is 1.50 bits per heavy atom. The predicted molar refractivity (Wildman–Crippen MR) is 43.9 cm³/mol. The minimum atomic E-state index is -5.28. The lowest BCUT2D eigenvalue weighted by molar-refractivity contribution is -0.142. The molecule has 0 heterocycles. The van der Waals surface area contributed by atoms with Crippen LogP contribution in [-0.2, 0) is 4.79 Å². The summed E-state index contributed by atoms with van der Waals surface area (Å²) in [4.78, 5) is 10.9. The van der Waals surface area contributed by atoms with Crippen molar-refractivity contribution in [3.8, 4) is 0 Å². The molecule has 0 radical (unpaired) electrons. The number of Topliss-reactive ketones (excluding diaryl/α,β-unsaturated/α-hetero) is 1. The van der Waals surface area contributed by atoms with Gasteiger partial charge in [-0.05, 0) is 19.1 Å². The van der Waals surface area contributed by atoms with Gasteiger partial charge in [0.05, 0.1) is 0 Å². The Morgan fingerprint density at radius 3 is 2.38 bits per heavy atom. The maximum Gasteiger partial charge on any atom is 0.418 e. The van der Waals surface area contributed by atoms with Crippen molar-refractivity contribution in [2.24, 2.45) is 0 Å². The van der Waals surface area contributed by atoms with Crippen molar-refractivity contribution in [1.82, 2.24) is 0 Å². The van der Waals surface area contributed by atoms with E-state index in [-0.39, 0.29) is 6.08 Å². The van der Waals surface area contributed by atoms with Crippen molar-refractivity contribution in [2.75, 3.05) is 0 Å². The Labute approximate surface area is 87.1 Å². The summed E-state index contributed by atoms with van der Waals surface area (Å²) >= 11 is 0. The summed E-state index contributed by atoms with van der Waals surface area (Å²) in [5, 5.41) is 9.36. The van der Waals surface area contributed by atoms with E-state index in [1.165, 1.54) is 0 Å². The summed E-state index contributed by atoms with van der Waals surface area (Å²) < 4.78 is 62.9. The fraction of sp³-hybridized carbons (Fsp3) is 0.444. The zero-order valence-electron chi connectivity index (χ0n) is 7.98. The molecular formula is C9H7F5O2. The molecule has 0 unspecified atom stereocenters. The molecule has 2 nitrogen and oxygen atoms in total. The molecule has 0 amide bonds. The molecule has 0 aromatic heterocycles. The molecule has 2 atom stereocenters. The number of carbonyl (C=O) groups excluding carboxylic acids is 1. The average Bonchev–Trinajstić information content (AvgIpc) is 2.09. The highest BCUT2D eigenvalue weighted by atomic mass is 19.4. The molecular weight excluding hydrogens is 235 g/mol. The smallest absolute Gasteiger partial charge is 0.375 e. The average molecular weight is 242 g/mol. The molecule has 0 aromatic carbocycles. The SMILES string of the molecule is CC(=O)[C@@]1(O)C=CC(F)=C(C(F)(F)F)[C@H]1F. The minimum Gasteiger partial charge on any atom is -0.375 e. The third-order valence-electron chi connectivity index (χ3n) is 2.25. The number of alkyl halides is 4. The number of hydrogen-bond acceptors (Lipinski definition) is 2. The van der Waals surface area contributed by atoms with E-state index in [4.69, 9.17) is 0 Å². The molecule has 1 aliphatic rings. The van der Waals surface area contributed by atoms with Gasteiger partial charge in [0.15, 0.2) is 17.6 Å². The molecule has 7 heteroatoms. The summed E-state index contributed by atoms with van der Waals surface area (Å²) in [6, 6.07) is 0. The molecule has 0 bridgehead atoms. The lowest BCUT2D eigenvalue weighted by atomic mass is 9.84. The fourth-order valence-corrected chi connectivity index (χ4v) is 1.29. The number of rotatable bonds is 1. The number of allylic oxidation sites excluding steroid dienone is 2. The standard InChI is InChI=1S/C9H7F5O2/c1-4(15)8(16)3-2-5(10)6(7(8)11)9(12,13)14/h2-3,7,16H,1H3/t7-,8+/m1/s1. The summed E-state index contributed by atoms with van der Waals surface area (Å²) in [7, 11) is 0. The summed E-state index contributed by atoms with van der Waals surface area (Å²) in [5.74, 6) is -3.07. The highest BCUT2D eigenvalue weighted by molar-refractivity contribution is 5.89. The van der Waals surface area contributed by atoms with Crippen LogP contribution in [0.2, 0.25) is 0 Å². The van der Waals surface area contributed by atoms with E-state index in [1.807, 2.05) is 0 Å². The third kappa shape index (κ3) is 1.87. The molecule has 16 heavy (non-hydrogen) atoms. The number of halogens is 5. The lowest BCUT2D eigenvalue weighted by Crippen LogP contribution is -2.49. The van der Waals surface area contributed by atoms with Crippen molar-refractivity contribution in [3.63, 3.8) is 0 Å². The summed E-state index contributed by atoms with van der Waals surface area (Å²) in [5.41, 5.74) is -5.13. The molecule has 1 rings (SSSR count). The van der Waals surface area contributed by atoms with Gasteiger partial charge in [-0.2, -0.15) is 13.2 Å². The first kappa shape index (κ1) is 12.8. The molecule has 0 saturated carbocycles. The molecule has 1 aliphatic carbocycles. The van der Waals surface area contributed by atoms with Crippen LogP contribution in [0.1, 0.15) is 6.92 Å². The van der Waals surface area contributed by atoms with E-state index in [0.29, 0.717) is 13.0 Å². The fourth-order valence-electron chi connectivity index (χ4n) is 1.29. The van der Waals surface area contributed by atoms with Crippen molar-refractivity contribution in [1.29, 1.82) is 0 Å². The lowest BCUT2D eigenvalue weighted by Gasteiger charge is -2.31. The van der Waals surface area contributed by atoms with Crippen molar-refractivity contribution >= 4 is 5.78 Å². The number of hydrogen-bond donors (Lipinski definition) is 1. The van der Waals surface area contributed by atoms with Gasteiger partial charge < -0.3 is 5.11 Å². The van der Waals surface area contributed by atoms with Gasteiger partial charge in [-0.3, -0.25) is 4.79 Å². The van der Waals surface area contributed by atoms with Crippen LogP contribution < -0.4 is 0 Å². The van der Waals surface area contributed by atoms with Crippen LogP contribution in [0.5, 0.6) is 0 Å². The van der Waals surface area contributed by atoms with Crippen molar-refractivity contribution in [3.05, 3.63) is 23.6 Å². The van der Waals surface area contributed by atoms with Crippen LogP contribution in [-0.4, -0.2) is 28.8 Å². The van der Waals surface area contributed by atoms with Crippen LogP contribution in [0.4, 0.5) is 22.0 Å². The molecule has 1 N–H and O–H groups in total. The molecule has 0 aromatic rings. The van der Waals surface area contributed by atoms with E-state index >= 15 is 0 Å². The number of carbonyl (C=O) groups is 1. The van der Waals surface area contributed by atoms with Gasteiger partial charge in [-0.15, -0.1) is 0 Å². The first-order valence-electron chi connectivity index (χ1n) is 4.14. The van der Waals surface area contributed by atoms with E-state index in [9.17, 15) is 31.9 Å². The predicted octanol–water partition coefficient (Wildman–Crippen LogP) is 2.00. The molecule has 0 fully saturated rings. The Bertz CT molecular complexity index is 382. The Kier molecular flexibility index (Phi) is 2.93. The summed E-state index contributed by atoms with van der Waals surface area (Å²) in [6.45, 7) is 0.716. The number of aliphatic hydroxyl groups is 1. The van der Waals surface area contributed by atoms with Crippen molar-refractivity contribution in [2.45, 2.75) is 24.9 Å². The zero-order valence-corrected chi connectivity index (χ0v) is 7.98. The van der Waals surface area contributed by atoms with E-state index in [1.54, 1.807) is 0 Å². The second-order valence-electron chi connectivity index (χ2n) is 3.34. The second kappa shape index (κ2) is 3.65. The van der Waals surface area contributed by atoms with Gasteiger partial charge in [-0.1, -0.05) is 0 Å². The van der Waals surface area contributed by atoms with E-state index in [2.05, 4.69) is 0 Å². The quantitative estimate of drug-likeness (QED) is 0.714. The van der Waals surface area contributed by atoms with Gasteiger partial charge >= 0.3 is 6.18 Å². The van der Waals surface area contributed by atoms with E-state index in [0.717, 1.165) is 0 Å². The van der Waals surface area contributed by atoms with Gasteiger partial charge in [0.2, 0.25) is 0 Å². The van der Waals surface area contributed by atoms with Crippen molar-refractivity contribution < 1.29 is 31.9 Å². The monoisotopic (exact) mass is 242 g/mol. The van der Waals surface area contributed by atoms with Gasteiger partial charge in [-0.25, -0.2) is 8.78 Å². The van der Waals surface area contributed by atoms with E-state index < -0.39 is 35.1 Å². The van der Waals surface area contributed by atoms with Gasteiger partial charge in [0.1, 0.15) is 11.4 Å². The molecule has 0 saturated heterocycles. The largest absolute Gasteiger partial charge is 0.418 e. The number of ketones is 1. The first-order valence-corrected chi connectivity index (χ1v) is 4.14. The zero-order chi connectivity index (χ0) is 12.7. The van der Waals surface area contributed by atoms with Crippen LogP contribution in [0.3, 0.4) is 0 Å². The Hall–Kier alpha value is -1.24. The second-order valence-corrected chi connectivity index (χ2v) is 3.34. The minimum absolute atomic E-state index is 0.236. The molecule has 0 aliphatic heterocycles. The Morgan fingerprint density at radius 2 is 2.00 bits per heavy atom. The normalized spacial score (nSPS) is 30.8. The maximum atomic E-state index is 13.4. The Balaban J connectivity index is 3.30. The van der Waals surface area contributed by atoms with Crippen LogP contribution >= 0.6 is 0 Å². The van der Waals surface area contributed by atoms with Crippen LogP contribution in [0.15, 0.2) is 23.6 Å². The highest BCUT2D eigenvalue weighted by Crippen LogP contribution is 2.40. The topological polar surface area (TPSA) is 37.3 Å². The maximum absolute atomic E-state index is 13.4. The molecule has 90 valence electrons. The van der Waals surface area contributed by atoms with Crippen LogP contribution in [0.25, 0.3) is 0 Å². The third-order valence-corrected chi connectivity index (χ3v) is 2.25. The highest BCUT2D eigenvalue weighted by Gasteiger charge is 2.53. The molecule has 0 spiro atoms. The van der Waals surface area contributed by atoms with Gasteiger partial charge in [0.25, 0.3) is 0 Å². The van der Waals surface area contributed by atoms with Gasteiger partial charge in [0, 0.05) is 0 Å². The first-order chi connectivity index (χ1) is 7.10. The summed E-state index contributed by atoms with van der Waals surface area (Å²) in [6.07, 6.45) is -7.82.